The van der Waals surface area contributed by atoms with Crippen molar-refractivity contribution >= 4 is 23.1 Å². The third-order valence-electron chi connectivity index (χ3n) is 3.54. The van der Waals surface area contributed by atoms with Gasteiger partial charge in [-0.3, -0.25) is 0 Å². The van der Waals surface area contributed by atoms with Gasteiger partial charge in [-0.2, -0.15) is 11.3 Å². The first-order chi connectivity index (χ1) is 11.1. The Bertz CT molecular complexity index is 597. The number of carbonyl (C=O) groups excluding carboxylic acids is 1. The molecule has 1 aromatic heterocycles. The molecule has 124 valence electrons. The lowest BCUT2D eigenvalue weighted by molar-refractivity contribution is 0.173. The molecule has 1 aromatic carbocycles. The maximum atomic E-state index is 11.7. The van der Waals surface area contributed by atoms with Crippen LogP contribution in [0.3, 0.4) is 0 Å². The van der Waals surface area contributed by atoms with Crippen LogP contribution in [0.1, 0.15) is 17.2 Å². The highest BCUT2D eigenvalue weighted by molar-refractivity contribution is 7.07. The number of rotatable bonds is 7. The second kappa shape index (κ2) is 8.55. The molecule has 3 N–H and O–H groups in total. The minimum Gasteiger partial charge on any atom is -0.387 e. The topological polar surface area (TPSA) is 64.6 Å². The van der Waals surface area contributed by atoms with E-state index < -0.39 is 6.10 Å². The Morgan fingerprint density at radius 3 is 2.57 bits per heavy atom. The van der Waals surface area contributed by atoms with Gasteiger partial charge in [-0.1, -0.05) is 12.1 Å². The predicted octanol–water partition coefficient (Wildman–Crippen LogP) is 2.39. The van der Waals surface area contributed by atoms with Gasteiger partial charge < -0.3 is 20.6 Å². The van der Waals surface area contributed by atoms with Gasteiger partial charge in [0.05, 0.1) is 6.10 Å². The van der Waals surface area contributed by atoms with E-state index in [0.29, 0.717) is 6.54 Å². The van der Waals surface area contributed by atoms with Crippen molar-refractivity contribution in [2.24, 2.45) is 0 Å². The van der Waals surface area contributed by atoms with Crippen molar-refractivity contribution in [1.29, 1.82) is 0 Å². The minimum atomic E-state index is -0.662. The second-order valence-corrected chi connectivity index (χ2v) is 6.30. The average molecular weight is 333 g/mol. The van der Waals surface area contributed by atoms with E-state index in [2.05, 4.69) is 34.9 Å². The molecule has 6 heteroatoms. The van der Waals surface area contributed by atoms with Crippen LogP contribution < -0.4 is 15.5 Å². The van der Waals surface area contributed by atoms with Gasteiger partial charge in [0, 0.05) is 32.9 Å². The predicted molar refractivity (Wildman–Crippen MR) is 95.2 cm³/mol. The Labute approximate surface area is 140 Å². The summed E-state index contributed by atoms with van der Waals surface area (Å²) >= 11 is 1.52. The van der Waals surface area contributed by atoms with E-state index in [1.54, 1.807) is 0 Å². The number of thiophene rings is 1. The Morgan fingerprint density at radius 1 is 1.22 bits per heavy atom. The number of amides is 2. The molecule has 0 bridgehead atoms. The summed E-state index contributed by atoms with van der Waals surface area (Å²) in [5.41, 5.74) is 3.16. The van der Waals surface area contributed by atoms with E-state index in [4.69, 9.17) is 0 Å². The zero-order chi connectivity index (χ0) is 16.7. The van der Waals surface area contributed by atoms with Crippen LogP contribution in [-0.4, -0.2) is 38.3 Å². The van der Waals surface area contributed by atoms with Crippen LogP contribution in [0.5, 0.6) is 0 Å². The van der Waals surface area contributed by atoms with Crippen molar-refractivity contribution in [3.05, 3.63) is 52.2 Å². The number of nitrogens with zero attached hydrogens (tertiary/aromatic N) is 1. The molecule has 1 unspecified atom stereocenters. The van der Waals surface area contributed by atoms with Crippen molar-refractivity contribution in [3.8, 4) is 0 Å². The molecule has 1 heterocycles. The molecule has 5 nitrogen and oxygen atoms in total. The number of aliphatic hydroxyl groups excluding tert-OH is 1. The Hall–Kier alpha value is -2.05. The van der Waals surface area contributed by atoms with Crippen LogP contribution in [0.2, 0.25) is 0 Å². The van der Waals surface area contributed by atoms with E-state index in [0.717, 1.165) is 17.7 Å². The highest BCUT2D eigenvalue weighted by atomic mass is 32.1. The number of nitrogens with one attached hydrogen (secondary N) is 2. The monoisotopic (exact) mass is 333 g/mol. The molecule has 2 rings (SSSR count). The van der Waals surface area contributed by atoms with Gasteiger partial charge in [0.25, 0.3) is 0 Å². The van der Waals surface area contributed by atoms with Crippen LogP contribution in [0, 0.1) is 0 Å². The molecule has 2 amide bonds. The number of aliphatic hydroxyl groups is 1. The van der Waals surface area contributed by atoms with Gasteiger partial charge in [-0.05, 0) is 46.5 Å². The lowest BCUT2D eigenvalue weighted by atomic mass is 10.1. The summed E-state index contributed by atoms with van der Waals surface area (Å²) in [5, 5.41) is 19.2. The number of urea groups is 1. The van der Waals surface area contributed by atoms with Crippen LogP contribution in [0.4, 0.5) is 10.5 Å². The van der Waals surface area contributed by atoms with E-state index >= 15 is 0 Å². The molecule has 0 aliphatic carbocycles. The zero-order valence-electron chi connectivity index (χ0n) is 13.5. The van der Waals surface area contributed by atoms with Crippen molar-refractivity contribution in [1.82, 2.24) is 10.6 Å². The van der Waals surface area contributed by atoms with E-state index in [1.165, 1.54) is 16.9 Å². The number of carbonyl (C=O) groups is 1. The largest absolute Gasteiger partial charge is 0.387 e. The smallest absolute Gasteiger partial charge is 0.314 e. The highest BCUT2D eigenvalue weighted by Crippen LogP contribution is 2.15. The van der Waals surface area contributed by atoms with Crippen molar-refractivity contribution < 1.29 is 9.90 Å². The molecule has 0 aliphatic rings. The zero-order valence-corrected chi connectivity index (χ0v) is 14.3. The summed E-state index contributed by atoms with van der Waals surface area (Å²) in [5.74, 6) is 0. The SMILES string of the molecule is CN(C)c1ccc(CCNC(=O)NCC(O)c2ccsc2)cc1. The van der Waals surface area contributed by atoms with Crippen LogP contribution in [-0.2, 0) is 6.42 Å². The normalized spacial score (nSPS) is 11.8. The fourth-order valence-electron chi connectivity index (χ4n) is 2.12. The highest BCUT2D eigenvalue weighted by Gasteiger charge is 2.09. The standard InChI is InChI=1S/C17H23N3O2S/c1-20(2)15-5-3-13(4-6-15)7-9-18-17(22)19-11-16(21)14-8-10-23-12-14/h3-6,8,10,12,16,21H,7,9,11H2,1-2H3,(H2,18,19,22). The van der Waals surface area contributed by atoms with Crippen LogP contribution in [0.25, 0.3) is 0 Å². The molecule has 0 fully saturated rings. The molecule has 0 saturated heterocycles. The Morgan fingerprint density at radius 2 is 1.96 bits per heavy atom. The van der Waals surface area contributed by atoms with Gasteiger partial charge in [-0.25, -0.2) is 4.79 Å². The molecule has 23 heavy (non-hydrogen) atoms. The summed E-state index contributed by atoms with van der Waals surface area (Å²) in [6.07, 6.45) is 0.111. The van der Waals surface area contributed by atoms with E-state index in [1.807, 2.05) is 35.8 Å². The second-order valence-electron chi connectivity index (χ2n) is 5.52. The summed E-state index contributed by atoms with van der Waals surface area (Å²) in [7, 11) is 4.01. The van der Waals surface area contributed by atoms with Gasteiger partial charge in [0.2, 0.25) is 0 Å². The lowest BCUT2D eigenvalue weighted by Gasteiger charge is -2.13. The summed E-state index contributed by atoms with van der Waals surface area (Å²) < 4.78 is 0. The maximum Gasteiger partial charge on any atom is 0.314 e. The third-order valence-corrected chi connectivity index (χ3v) is 4.24. The molecule has 2 aromatic rings. The number of hydrogen-bond donors (Lipinski definition) is 3. The summed E-state index contributed by atoms with van der Waals surface area (Å²) in [6, 6.07) is 9.85. The first-order valence-electron chi connectivity index (χ1n) is 7.54. The summed E-state index contributed by atoms with van der Waals surface area (Å²) in [6.45, 7) is 0.766. The van der Waals surface area contributed by atoms with E-state index in [9.17, 15) is 9.90 Å². The van der Waals surface area contributed by atoms with Crippen molar-refractivity contribution in [2.45, 2.75) is 12.5 Å². The van der Waals surface area contributed by atoms with Crippen molar-refractivity contribution in [3.63, 3.8) is 0 Å². The molecular formula is C17H23N3O2S. The van der Waals surface area contributed by atoms with Crippen molar-refractivity contribution in [2.75, 3.05) is 32.1 Å². The van der Waals surface area contributed by atoms with E-state index in [-0.39, 0.29) is 12.6 Å². The number of benzene rings is 1. The quantitative estimate of drug-likeness (QED) is 0.729. The molecule has 0 aliphatic heterocycles. The lowest BCUT2D eigenvalue weighted by Crippen LogP contribution is -2.38. The van der Waals surface area contributed by atoms with Crippen LogP contribution in [0.15, 0.2) is 41.1 Å². The van der Waals surface area contributed by atoms with Gasteiger partial charge in [0.15, 0.2) is 0 Å². The minimum absolute atomic E-state index is 0.208. The fourth-order valence-corrected chi connectivity index (χ4v) is 2.82. The van der Waals surface area contributed by atoms with Gasteiger partial charge >= 0.3 is 6.03 Å². The van der Waals surface area contributed by atoms with Gasteiger partial charge in [0.1, 0.15) is 0 Å². The first-order valence-corrected chi connectivity index (χ1v) is 8.48. The Balaban J connectivity index is 1.66. The third kappa shape index (κ3) is 5.58. The first kappa shape index (κ1) is 17.3. The molecule has 0 radical (unpaired) electrons. The maximum absolute atomic E-state index is 11.7. The molecule has 0 saturated carbocycles. The number of hydrogen-bond acceptors (Lipinski definition) is 4. The fraction of sp³-hybridized carbons (Fsp3) is 0.353. The van der Waals surface area contributed by atoms with Gasteiger partial charge in [-0.15, -0.1) is 0 Å². The number of anilines is 1. The average Bonchev–Trinajstić information content (AvgIpc) is 3.07. The molecule has 0 spiro atoms. The molecule has 1 atom stereocenters. The van der Waals surface area contributed by atoms with Crippen LogP contribution >= 0.6 is 11.3 Å². The molecular weight excluding hydrogens is 310 g/mol. The Kier molecular flexibility index (Phi) is 6.43. The summed E-state index contributed by atoms with van der Waals surface area (Å²) in [4.78, 5) is 13.8.